The quantitative estimate of drug-likeness (QED) is 0.898. The number of anilines is 1. The first-order valence-corrected chi connectivity index (χ1v) is 7.70. The van der Waals surface area contributed by atoms with Gasteiger partial charge in [-0.3, -0.25) is 0 Å². The topological polar surface area (TPSA) is 54.7 Å². The molecule has 0 radical (unpaired) electrons. The van der Waals surface area contributed by atoms with Crippen molar-refractivity contribution >= 4 is 11.5 Å². The minimum Gasteiger partial charge on any atom is -0.383 e. The van der Waals surface area contributed by atoms with E-state index in [1.165, 1.54) is 23.5 Å². The van der Waals surface area contributed by atoms with Crippen molar-refractivity contribution in [3.63, 3.8) is 0 Å². The molecule has 0 amide bonds. The van der Waals surface area contributed by atoms with Crippen LogP contribution in [0, 0.1) is 0 Å². The minimum atomic E-state index is 0.463. The molecule has 4 rings (SSSR count). The van der Waals surface area contributed by atoms with Crippen LogP contribution in [0.1, 0.15) is 17.7 Å². The van der Waals surface area contributed by atoms with Crippen molar-refractivity contribution in [1.82, 2.24) is 19.9 Å². The summed E-state index contributed by atoms with van der Waals surface area (Å²) in [5, 5.41) is 7.97. The van der Waals surface area contributed by atoms with Crippen molar-refractivity contribution in [2.45, 2.75) is 25.3 Å². The molecular weight excluding hydrogens is 266 g/mol. The molecule has 0 spiro atoms. The number of nitrogens with zero attached hydrogens (tertiary/aromatic N) is 4. The van der Waals surface area contributed by atoms with E-state index in [9.17, 15) is 0 Å². The Bertz CT molecular complexity index is 653. The molecule has 6 heteroatoms. The standard InChI is InChI=1S/C15H21N5O/c1-21-10-11-5-9-19(11)15-12-2-6-16-7-3-13(12)18-14-4-8-17-20(14)15/h4,8,11,16H,2-3,5-7,9-10H2,1H3/t11-/m1/s1. The van der Waals surface area contributed by atoms with Gasteiger partial charge in [-0.15, -0.1) is 0 Å². The number of nitrogens with one attached hydrogen (secondary N) is 1. The molecule has 112 valence electrons. The Hall–Kier alpha value is -1.66. The van der Waals surface area contributed by atoms with Gasteiger partial charge in [0.1, 0.15) is 5.82 Å². The highest BCUT2D eigenvalue weighted by molar-refractivity contribution is 5.59. The molecule has 0 aliphatic carbocycles. The molecule has 2 aliphatic heterocycles. The highest BCUT2D eigenvalue weighted by Gasteiger charge is 2.33. The van der Waals surface area contributed by atoms with E-state index in [0.29, 0.717) is 6.04 Å². The van der Waals surface area contributed by atoms with Crippen molar-refractivity contribution in [2.24, 2.45) is 0 Å². The van der Waals surface area contributed by atoms with Gasteiger partial charge in [0.2, 0.25) is 0 Å². The third-order valence-electron chi connectivity index (χ3n) is 4.56. The predicted octanol–water partition coefficient (Wildman–Crippen LogP) is 0.643. The minimum absolute atomic E-state index is 0.463. The van der Waals surface area contributed by atoms with Gasteiger partial charge in [0.05, 0.1) is 24.5 Å². The zero-order chi connectivity index (χ0) is 14.2. The van der Waals surface area contributed by atoms with Crippen LogP contribution in [0.2, 0.25) is 0 Å². The van der Waals surface area contributed by atoms with Gasteiger partial charge < -0.3 is 15.0 Å². The number of hydrogen-bond donors (Lipinski definition) is 1. The van der Waals surface area contributed by atoms with E-state index in [1.807, 2.05) is 16.8 Å². The maximum atomic E-state index is 5.36. The van der Waals surface area contributed by atoms with Gasteiger partial charge in [0.25, 0.3) is 0 Å². The van der Waals surface area contributed by atoms with E-state index >= 15 is 0 Å². The van der Waals surface area contributed by atoms with Crippen LogP contribution in [-0.2, 0) is 17.6 Å². The molecule has 2 aromatic heterocycles. The molecule has 1 atom stereocenters. The lowest BCUT2D eigenvalue weighted by Crippen LogP contribution is -2.51. The normalized spacial score (nSPS) is 22.0. The molecular formula is C15H21N5O. The third-order valence-corrected chi connectivity index (χ3v) is 4.56. The number of rotatable bonds is 3. The molecule has 0 aromatic carbocycles. The van der Waals surface area contributed by atoms with Gasteiger partial charge in [0, 0.05) is 38.2 Å². The van der Waals surface area contributed by atoms with Crippen LogP contribution in [-0.4, -0.2) is 54.0 Å². The molecule has 0 saturated carbocycles. The Morgan fingerprint density at radius 3 is 3.10 bits per heavy atom. The zero-order valence-electron chi connectivity index (χ0n) is 12.4. The molecule has 0 bridgehead atoms. The van der Waals surface area contributed by atoms with Gasteiger partial charge in [-0.2, -0.15) is 9.61 Å². The second-order valence-corrected chi connectivity index (χ2v) is 5.80. The van der Waals surface area contributed by atoms with E-state index < -0.39 is 0 Å². The second-order valence-electron chi connectivity index (χ2n) is 5.80. The number of aromatic nitrogens is 3. The molecule has 2 aliphatic rings. The van der Waals surface area contributed by atoms with E-state index in [0.717, 1.165) is 44.7 Å². The van der Waals surface area contributed by atoms with E-state index in [2.05, 4.69) is 15.3 Å². The smallest absolute Gasteiger partial charge is 0.157 e. The third kappa shape index (κ3) is 2.10. The van der Waals surface area contributed by atoms with Crippen molar-refractivity contribution in [3.05, 3.63) is 23.5 Å². The summed E-state index contributed by atoms with van der Waals surface area (Å²) in [4.78, 5) is 7.25. The summed E-state index contributed by atoms with van der Waals surface area (Å²) in [6.45, 7) is 3.87. The fraction of sp³-hybridized carbons (Fsp3) is 0.600. The average Bonchev–Trinajstić information content (AvgIpc) is 2.80. The van der Waals surface area contributed by atoms with Gasteiger partial charge >= 0.3 is 0 Å². The van der Waals surface area contributed by atoms with E-state index in [1.54, 1.807) is 7.11 Å². The van der Waals surface area contributed by atoms with Crippen LogP contribution >= 0.6 is 0 Å². The fourth-order valence-corrected chi connectivity index (χ4v) is 3.40. The highest BCUT2D eigenvalue weighted by atomic mass is 16.5. The van der Waals surface area contributed by atoms with Crippen molar-refractivity contribution < 1.29 is 4.74 Å². The highest BCUT2D eigenvalue weighted by Crippen LogP contribution is 2.32. The lowest BCUT2D eigenvalue weighted by atomic mass is 10.0. The molecule has 1 saturated heterocycles. The Balaban J connectivity index is 1.85. The van der Waals surface area contributed by atoms with Gasteiger partial charge in [-0.1, -0.05) is 0 Å². The Kier molecular flexibility index (Phi) is 3.27. The Labute approximate surface area is 124 Å². The molecule has 1 N–H and O–H groups in total. The predicted molar refractivity (Wildman–Crippen MR) is 80.9 cm³/mol. The van der Waals surface area contributed by atoms with Crippen LogP contribution in [0.3, 0.4) is 0 Å². The first kappa shape index (κ1) is 13.0. The summed E-state index contributed by atoms with van der Waals surface area (Å²) in [6, 6.07) is 2.46. The summed E-state index contributed by atoms with van der Waals surface area (Å²) >= 11 is 0. The maximum absolute atomic E-state index is 5.36. The maximum Gasteiger partial charge on any atom is 0.157 e. The van der Waals surface area contributed by atoms with Crippen LogP contribution in [0.25, 0.3) is 5.65 Å². The summed E-state index contributed by atoms with van der Waals surface area (Å²) in [5.41, 5.74) is 3.54. The molecule has 21 heavy (non-hydrogen) atoms. The van der Waals surface area contributed by atoms with Gasteiger partial charge in [-0.25, -0.2) is 4.98 Å². The SMILES string of the molecule is COC[C@H]1CCN1c1c2c(nc3ccnn13)CCNCC2. The lowest BCUT2D eigenvalue weighted by molar-refractivity contribution is 0.156. The molecule has 4 heterocycles. The van der Waals surface area contributed by atoms with Gasteiger partial charge in [0.15, 0.2) is 5.65 Å². The van der Waals surface area contributed by atoms with Crippen LogP contribution in [0.4, 0.5) is 5.82 Å². The van der Waals surface area contributed by atoms with Crippen LogP contribution < -0.4 is 10.2 Å². The monoisotopic (exact) mass is 287 g/mol. The number of hydrogen-bond acceptors (Lipinski definition) is 5. The molecule has 1 fully saturated rings. The summed E-state index contributed by atoms with van der Waals surface area (Å²) in [7, 11) is 1.77. The molecule has 6 nitrogen and oxygen atoms in total. The van der Waals surface area contributed by atoms with Gasteiger partial charge in [-0.05, 0) is 19.4 Å². The Morgan fingerprint density at radius 1 is 1.38 bits per heavy atom. The van der Waals surface area contributed by atoms with Crippen LogP contribution in [0.5, 0.6) is 0 Å². The lowest BCUT2D eigenvalue weighted by Gasteiger charge is -2.43. The summed E-state index contributed by atoms with van der Waals surface area (Å²) in [6.07, 6.45) is 5.04. The second kappa shape index (κ2) is 5.27. The van der Waals surface area contributed by atoms with E-state index in [4.69, 9.17) is 9.72 Å². The largest absolute Gasteiger partial charge is 0.383 e. The van der Waals surface area contributed by atoms with E-state index in [-0.39, 0.29) is 0 Å². The Morgan fingerprint density at radius 2 is 2.29 bits per heavy atom. The van der Waals surface area contributed by atoms with Crippen molar-refractivity contribution in [1.29, 1.82) is 0 Å². The molecule has 2 aromatic rings. The summed E-state index contributed by atoms with van der Waals surface area (Å²) < 4.78 is 7.37. The molecule has 0 unspecified atom stereocenters. The van der Waals surface area contributed by atoms with Crippen LogP contribution in [0.15, 0.2) is 12.3 Å². The first-order chi connectivity index (χ1) is 10.4. The average molecular weight is 287 g/mol. The van der Waals surface area contributed by atoms with Crippen molar-refractivity contribution in [2.75, 3.05) is 38.3 Å². The fourth-order valence-electron chi connectivity index (χ4n) is 3.40. The number of methoxy groups -OCH3 is 1. The van der Waals surface area contributed by atoms with Crippen molar-refractivity contribution in [3.8, 4) is 0 Å². The first-order valence-electron chi connectivity index (χ1n) is 7.70. The number of fused-ring (bicyclic) bond motifs is 2. The zero-order valence-corrected chi connectivity index (χ0v) is 12.4. The number of ether oxygens (including phenoxy) is 1. The summed E-state index contributed by atoms with van der Waals surface area (Å²) in [5.74, 6) is 1.23.